The number of carbonyl (C=O) groups is 1. The van der Waals surface area contributed by atoms with Crippen LogP contribution in [0.25, 0.3) is 0 Å². The van der Waals surface area contributed by atoms with Crippen molar-refractivity contribution in [3.8, 4) is 0 Å². The first kappa shape index (κ1) is 13.5. The van der Waals surface area contributed by atoms with E-state index < -0.39 is 0 Å². The van der Waals surface area contributed by atoms with Crippen LogP contribution in [0.5, 0.6) is 0 Å². The molecule has 0 bridgehead atoms. The number of hydrogen-bond donors (Lipinski definition) is 2. The predicted octanol–water partition coefficient (Wildman–Crippen LogP) is 3.15. The van der Waals surface area contributed by atoms with Crippen LogP contribution < -0.4 is 10.6 Å². The summed E-state index contributed by atoms with van der Waals surface area (Å²) < 4.78 is 1.90. The monoisotopic (exact) mass is 380 g/mol. The summed E-state index contributed by atoms with van der Waals surface area (Å²) in [6.07, 6.45) is 3.20. The maximum Gasteiger partial charge on any atom is 0.261 e. The van der Waals surface area contributed by atoms with Gasteiger partial charge in [-0.2, -0.15) is 0 Å². The third kappa shape index (κ3) is 3.77. The second-order valence-electron chi connectivity index (χ2n) is 4.08. The number of hydrogen-bond acceptors (Lipinski definition) is 3. The fourth-order valence-electron chi connectivity index (χ4n) is 1.88. The third-order valence-corrected chi connectivity index (χ3v) is 6.03. The molecule has 1 aromatic rings. The Labute approximate surface area is 122 Å². The number of amides is 1. The highest BCUT2D eigenvalue weighted by atomic mass is 79.9. The fraction of sp³-hybridized carbons (Fsp3) is 0.545. The van der Waals surface area contributed by atoms with E-state index in [0.29, 0.717) is 6.04 Å². The highest BCUT2D eigenvalue weighted by Crippen LogP contribution is 2.32. The van der Waals surface area contributed by atoms with Crippen LogP contribution in [-0.4, -0.2) is 25.0 Å². The number of nitrogens with one attached hydrogen (secondary N) is 2. The Bertz CT molecular complexity index is 381. The van der Waals surface area contributed by atoms with Gasteiger partial charge < -0.3 is 10.6 Å². The highest BCUT2D eigenvalue weighted by Gasteiger charge is 2.17. The van der Waals surface area contributed by atoms with Crippen LogP contribution in [0.1, 0.15) is 28.9 Å². The molecule has 1 atom stereocenters. The van der Waals surface area contributed by atoms with Crippen molar-refractivity contribution in [2.75, 3.05) is 13.1 Å². The van der Waals surface area contributed by atoms with Crippen molar-refractivity contribution >= 4 is 49.1 Å². The van der Waals surface area contributed by atoms with Crippen LogP contribution >= 0.6 is 43.2 Å². The quantitative estimate of drug-likeness (QED) is 0.826. The van der Waals surface area contributed by atoms with Gasteiger partial charge >= 0.3 is 0 Å². The summed E-state index contributed by atoms with van der Waals surface area (Å²) in [6, 6.07) is 2.16. The van der Waals surface area contributed by atoms with Gasteiger partial charge in [0.05, 0.1) is 8.66 Å². The molecule has 1 aromatic heterocycles. The molecule has 1 amide bonds. The fourth-order valence-corrected chi connectivity index (χ4v) is 3.82. The molecule has 0 aromatic carbocycles. The zero-order valence-electron chi connectivity index (χ0n) is 9.26. The van der Waals surface area contributed by atoms with Crippen molar-refractivity contribution in [3.63, 3.8) is 0 Å². The lowest BCUT2D eigenvalue weighted by Crippen LogP contribution is -2.34. The van der Waals surface area contributed by atoms with E-state index in [9.17, 15) is 4.79 Å². The molecule has 1 aliphatic rings. The zero-order valence-corrected chi connectivity index (χ0v) is 13.3. The van der Waals surface area contributed by atoms with Gasteiger partial charge in [-0.15, -0.1) is 11.3 Å². The van der Waals surface area contributed by atoms with Crippen molar-refractivity contribution in [2.45, 2.75) is 25.3 Å². The Kier molecular flexibility index (Phi) is 5.02. The molecular formula is C11H14Br2N2OS. The zero-order chi connectivity index (χ0) is 12.3. The number of carbonyl (C=O) groups excluding carboxylic acids is 1. The molecule has 2 rings (SSSR count). The maximum absolute atomic E-state index is 12.0. The van der Waals surface area contributed by atoms with Gasteiger partial charge in [0.1, 0.15) is 0 Å². The van der Waals surface area contributed by atoms with Crippen molar-refractivity contribution in [1.29, 1.82) is 0 Å². The minimum absolute atomic E-state index is 0.0355. The first-order chi connectivity index (χ1) is 8.16. The Balaban J connectivity index is 1.95. The average molecular weight is 382 g/mol. The highest BCUT2D eigenvalue weighted by molar-refractivity contribution is 9.13. The van der Waals surface area contributed by atoms with Crippen LogP contribution in [0.4, 0.5) is 0 Å². The Hall–Kier alpha value is 0.0900. The summed E-state index contributed by atoms with van der Waals surface area (Å²) in [5.74, 6) is 0.0355. The maximum atomic E-state index is 12.0. The second kappa shape index (κ2) is 6.31. The number of halogens is 2. The molecule has 2 heterocycles. The Morgan fingerprint density at radius 2 is 2.24 bits per heavy atom. The topological polar surface area (TPSA) is 41.1 Å². The van der Waals surface area contributed by atoms with E-state index in [1.165, 1.54) is 11.3 Å². The van der Waals surface area contributed by atoms with Crippen molar-refractivity contribution in [1.82, 2.24) is 10.6 Å². The lowest BCUT2D eigenvalue weighted by molar-refractivity contribution is 0.0938. The Morgan fingerprint density at radius 3 is 2.94 bits per heavy atom. The molecule has 0 aliphatic carbocycles. The van der Waals surface area contributed by atoms with Crippen molar-refractivity contribution in [3.05, 3.63) is 19.2 Å². The van der Waals surface area contributed by atoms with E-state index in [2.05, 4.69) is 42.5 Å². The standard InChI is InChI=1S/C11H14Br2N2OS/c12-8-6-9(17-10(8)13)11(16)15-7-2-1-4-14-5-3-7/h6-7,14H,1-5H2,(H,15,16). The molecule has 1 fully saturated rings. The largest absolute Gasteiger partial charge is 0.349 e. The van der Waals surface area contributed by atoms with Gasteiger partial charge in [0.2, 0.25) is 0 Å². The Morgan fingerprint density at radius 1 is 1.41 bits per heavy atom. The number of thiophene rings is 1. The van der Waals surface area contributed by atoms with Gasteiger partial charge in [-0.05, 0) is 70.3 Å². The molecular weight excluding hydrogens is 368 g/mol. The summed E-state index contributed by atoms with van der Waals surface area (Å²) in [5.41, 5.74) is 0. The SMILES string of the molecule is O=C(NC1CCCNCC1)c1cc(Br)c(Br)s1. The van der Waals surface area contributed by atoms with E-state index in [1.807, 2.05) is 6.07 Å². The second-order valence-corrected chi connectivity index (χ2v) is 7.31. The predicted molar refractivity (Wildman–Crippen MR) is 77.7 cm³/mol. The van der Waals surface area contributed by atoms with Crippen LogP contribution in [-0.2, 0) is 0 Å². The summed E-state index contributed by atoms with van der Waals surface area (Å²) >= 11 is 8.26. The normalized spacial score (nSPS) is 20.9. The smallest absolute Gasteiger partial charge is 0.261 e. The van der Waals surface area contributed by atoms with Crippen molar-refractivity contribution < 1.29 is 4.79 Å². The molecule has 0 saturated carbocycles. The van der Waals surface area contributed by atoms with E-state index in [-0.39, 0.29) is 5.91 Å². The van der Waals surface area contributed by atoms with Gasteiger partial charge in [-0.1, -0.05) is 0 Å². The molecule has 2 N–H and O–H groups in total. The molecule has 1 aliphatic heterocycles. The molecule has 1 saturated heterocycles. The summed E-state index contributed by atoms with van der Waals surface area (Å²) in [7, 11) is 0. The van der Waals surface area contributed by atoms with Gasteiger partial charge in [0, 0.05) is 10.5 Å². The van der Waals surface area contributed by atoms with Gasteiger partial charge in [-0.3, -0.25) is 4.79 Å². The molecule has 17 heavy (non-hydrogen) atoms. The molecule has 3 nitrogen and oxygen atoms in total. The minimum atomic E-state index is 0.0355. The van der Waals surface area contributed by atoms with Crippen LogP contribution in [0, 0.1) is 0 Å². The van der Waals surface area contributed by atoms with E-state index >= 15 is 0 Å². The summed E-state index contributed by atoms with van der Waals surface area (Å²) in [4.78, 5) is 12.8. The molecule has 1 unspecified atom stereocenters. The summed E-state index contributed by atoms with van der Waals surface area (Å²) in [6.45, 7) is 2.05. The van der Waals surface area contributed by atoms with Crippen molar-refractivity contribution in [2.24, 2.45) is 0 Å². The third-order valence-electron chi connectivity index (χ3n) is 2.78. The van der Waals surface area contributed by atoms with Gasteiger partial charge in [-0.25, -0.2) is 0 Å². The molecule has 0 spiro atoms. The molecule has 0 radical (unpaired) electrons. The van der Waals surface area contributed by atoms with Crippen LogP contribution in [0.3, 0.4) is 0 Å². The van der Waals surface area contributed by atoms with E-state index in [1.54, 1.807) is 0 Å². The van der Waals surface area contributed by atoms with Crippen LogP contribution in [0.2, 0.25) is 0 Å². The molecule has 6 heteroatoms. The first-order valence-corrected chi connectivity index (χ1v) is 8.03. The van der Waals surface area contributed by atoms with Gasteiger partial charge in [0.25, 0.3) is 5.91 Å². The van der Waals surface area contributed by atoms with E-state index in [0.717, 1.165) is 45.5 Å². The van der Waals surface area contributed by atoms with Crippen LogP contribution in [0.15, 0.2) is 14.3 Å². The van der Waals surface area contributed by atoms with E-state index in [4.69, 9.17) is 0 Å². The average Bonchev–Trinajstić information content (AvgIpc) is 2.54. The lowest BCUT2D eigenvalue weighted by Gasteiger charge is -2.14. The first-order valence-electron chi connectivity index (χ1n) is 5.63. The van der Waals surface area contributed by atoms with Gasteiger partial charge in [0.15, 0.2) is 0 Å². The summed E-state index contributed by atoms with van der Waals surface area (Å²) in [5, 5.41) is 6.45. The lowest BCUT2D eigenvalue weighted by atomic mass is 10.1. The number of rotatable bonds is 2. The molecule has 94 valence electrons. The minimum Gasteiger partial charge on any atom is -0.349 e.